The first kappa shape index (κ1) is 17.4. The Morgan fingerprint density at radius 3 is 2.38 bits per heavy atom. The van der Waals surface area contributed by atoms with Gasteiger partial charge in [-0.05, 0) is 59.1 Å². The van der Waals surface area contributed by atoms with E-state index >= 15 is 0 Å². The standard InChI is InChI=1S/C18H25BFNO3/c1-13-6-7-15(21-11-13)22-12-18(8-9-18)10-14(20)19-23-16(2,3)17(4,5)24-19/h6-7,10-11H,8-9,12H2,1-5H3. The second-order valence-corrected chi connectivity index (χ2v) is 7.94. The minimum absolute atomic E-state index is 0.278. The van der Waals surface area contributed by atoms with E-state index in [0.717, 1.165) is 18.4 Å². The Morgan fingerprint density at radius 1 is 1.25 bits per heavy atom. The molecular weight excluding hydrogens is 308 g/mol. The quantitative estimate of drug-likeness (QED) is 0.763. The zero-order valence-electron chi connectivity index (χ0n) is 15.1. The number of aryl methyl sites for hydroxylation is 1. The Labute approximate surface area is 143 Å². The van der Waals surface area contributed by atoms with E-state index in [9.17, 15) is 4.39 Å². The highest BCUT2D eigenvalue weighted by Crippen LogP contribution is 2.49. The third kappa shape index (κ3) is 3.49. The predicted octanol–water partition coefficient (Wildman–Crippen LogP) is 4.03. The molecule has 1 saturated carbocycles. The molecule has 0 aromatic carbocycles. The molecule has 0 amide bonds. The van der Waals surface area contributed by atoms with Crippen molar-refractivity contribution in [2.45, 2.75) is 58.7 Å². The largest absolute Gasteiger partial charge is 0.524 e. The first-order valence-corrected chi connectivity index (χ1v) is 8.42. The van der Waals surface area contributed by atoms with Gasteiger partial charge in [-0.3, -0.25) is 0 Å². The Hall–Kier alpha value is -1.40. The van der Waals surface area contributed by atoms with Gasteiger partial charge in [0, 0.05) is 17.7 Å². The molecule has 6 heteroatoms. The van der Waals surface area contributed by atoms with Gasteiger partial charge in [0.2, 0.25) is 5.88 Å². The Balaban J connectivity index is 1.63. The lowest BCUT2D eigenvalue weighted by Gasteiger charge is -2.32. The summed E-state index contributed by atoms with van der Waals surface area (Å²) in [5.74, 6) is 0.566. The molecule has 1 aliphatic heterocycles. The lowest BCUT2D eigenvalue weighted by Crippen LogP contribution is -2.41. The first-order chi connectivity index (χ1) is 11.1. The highest BCUT2D eigenvalue weighted by Gasteiger charge is 2.54. The fourth-order valence-electron chi connectivity index (χ4n) is 2.56. The number of aromatic nitrogens is 1. The molecule has 1 saturated heterocycles. The third-order valence-electron chi connectivity index (χ3n) is 5.21. The third-order valence-corrected chi connectivity index (χ3v) is 5.21. The molecule has 0 atom stereocenters. The fraction of sp³-hybridized carbons (Fsp3) is 0.611. The van der Waals surface area contributed by atoms with Gasteiger partial charge >= 0.3 is 7.12 Å². The summed E-state index contributed by atoms with van der Waals surface area (Å²) in [6.45, 7) is 10.1. The lowest BCUT2D eigenvalue weighted by atomic mass is 9.85. The average molecular weight is 333 g/mol. The van der Waals surface area contributed by atoms with Gasteiger partial charge in [0.1, 0.15) is 5.73 Å². The van der Waals surface area contributed by atoms with Crippen molar-refractivity contribution in [1.29, 1.82) is 0 Å². The highest BCUT2D eigenvalue weighted by atomic mass is 19.1. The molecule has 24 heavy (non-hydrogen) atoms. The summed E-state index contributed by atoms with van der Waals surface area (Å²) in [6, 6.07) is 3.78. The van der Waals surface area contributed by atoms with Crippen molar-refractivity contribution in [3.8, 4) is 5.88 Å². The molecule has 2 aliphatic rings. The summed E-state index contributed by atoms with van der Waals surface area (Å²) in [6.07, 6.45) is 5.16. The van der Waals surface area contributed by atoms with E-state index in [1.807, 2.05) is 46.8 Å². The van der Waals surface area contributed by atoms with Crippen LogP contribution in [0, 0.1) is 12.3 Å². The summed E-state index contributed by atoms with van der Waals surface area (Å²) < 4.78 is 31.9. The maximum absolute atomic E-state index is 14.6. The number of rotatable bonds is 5. The average Bonchev–Trinajstić information content (AvgIpc) is 3.20. The Morgan fingerprint density at radius 2 is 1.88 bits per heavy atom. The second-order valence-electron chi connectivity index (χ2n) is 7.94. The number of ether oxygens (including phenoxy) is 1. The molecule has 1 aromatic heterocycles. The van der Waals surface area contributed by atoms with Gasteiger partial charge in [-0.1, -0.05) is 6.07 Å². The van der Waals surface area contributed by atoms with E-state index in [-0.39, 0.29) is 11.1 Å². The molecule has 0 radical (unpaired) electrons. The first-order valence-electron chi connectivity index (χ1n) is 8.42. The van der Waals surface area contributed by atoms with E-state index < -0.39 is 18.3 Å². The van der Waals surface area contributed by atoms with Crippen LogP contribution in [0.5, 0.6) is 5.88 Å². The summed E-state index contributed by atoms with van der Waals surface area (Å²) in [5.41, 5.74) is -0.647. The molecule has 0 spiro atoms. The van der Waals surface area contributed by atoms with Gasteiger partial charge in [0.25, 0.3) is 0 Å². The summed E-state index contributed by atoms with van der Waals surface area (Å²) in [4.78, 5) is 4.22. The topological polar surface area (TPSA) is 40.6 Å². The zero-order chi connectivity index (χ0) is 17.6. The predicted molar refractivity (Wildman–Crippen MR) is 91.4 cm³/mol. The van der Waals surface area contributed by atoms with Gasteiger partial charge < -0.3 is 14.0 Å². The molecule has 2 fully saturated rings. The van der Waals surface area contributed by atoms with Crippen molar-refractivity contribution in [3.63, 3.8) is 0 Å². The van der Waals surface area contributed by atoms with Gasteiger partial charge in [0.15, 0.2) is 0 Å². The van der Waals surface area contributed by atoms with Crippen LogP contribution in [0.2, 0.25) is 0 Å². The normalized spacial score (nSPS) is 24.1. The van der Waals surface area contributed by atoms with E-state index in [1.54, 1.807) is 12.3 Å². The molecule has 0 unspecified atom stereocenters. The molecule has 1 aromatic rings. The van der Waals surface area contributed by atoms with Crippen LogP contribution in [0.4, 0.5) is 4.39 Å². The van der Waals surface area contributed by atoms with Crippen LogP contribution in [0.3, 0.4) is 0 Å². The smallest absolute Gasteiger partial charge is 0.477 e. The lowest BCUT2D eigenvalue weighted by molar-refractivity contribution is 0.00578. The Bertz CT molecular complexity index is 622. The minimum atomic E-state index is -0.940. The molecule has 4 nitrogen and oxygen atoms in total. The molecular formula is C18H25BFNO3. The Kier molecular flexibility index (Phi) is 4.25. The van der Waals surface area contributed by atoms with Crippen LogP contribution in [-0.2, 0) is 9.31 Å². The van der Waals surface area contributed by atoms with Crippen LogP contribution < -0.4 is 4.74 Å². The summed E-state index contributed by atoms with van der Waals surface area (Å²) in [5, 5.41) is 0. The van der Waals surface area contributed by atoms with Crippen LogP contribution in [0.1, 0.15) is 46.1 Å². The molecule has 130 valence electrons. The number of hydrogen-bond donors (Lipinski definition) is 0. The van der Waals surface area contributed by atoms with Gasteiger partial charge in [-0.15, -0.1) is 0 Å². The van der Waals surface area contributed by atoms with E-state index in [1.165, 1.54) is 0 Å². The van der Waals surface area contributed by atoms with Crippen LogP contribution in [0.25, 0.3) is 0 Å². The van der Waals surface area contributed by atoms with E-state index in [0.29, 0.717) is 12.5 Å². The highest BCUT2D eigenvalue weighted by molar-refractivity contribution is 6.53. The SMILES string of the molecule is Cc1ccc(OCC2(C=C(F)B3OC(C)(C)C(C)(C)O3)CC2)nc1. The monoisotopic (exact) mass is 333 g/mol. The minimum Gasteiger partial charge on any atom is -0.477 e. The van der Waals surface area contributed by atoms with Gasteiger partial charge in [-0.2, -0.15) is 0 Å². The summed E-state index contributed by atoms with van der Waals surface area (Å²) in [7, 11) is -0.940. The number of halogens is 1. The van der Waals surface area contributed by atoms with Crippen molar-refractivity contribution in [3.05, 3.63) is 35.7 Å². The molecule has 3 rings (SSSR count). The maximum atomic E-state index is 14.6. The molecule has 0 bridgehead atoms. The fourth-order valence-corrected chi connectivity index (χ4v) is 2.56. The van der Waals surface area contributed by atoms with Crippen molar-refractivity contribution < 1.29 is 18.4 Å². The number of nitrogens with zero attached hydrogens (tertiary/aromatic N) is 1. The van der Waals surface area contributed by atoms with Gasteiger partial charge in [0.05, 0.1) is 17.8 Å². The summed E-state index contributed by atoms with van der Waals surface area (Å²) >= 11 is 0. The van der Waals surface area contributed by atoms with Crippen LogP contribution >= 0.6 is 0 Å². The maximum Gasteiger partial charge on any atom is 0.524 e. The molecule has 0 N–H and O–H groups in total. The van der Waals surface area contributed by atoms with Crippen LogP contribution in [0.15, 0.2) is 30.1 Å². The van der Waals surface area contributed by atoms with Crippen molar-refractivity contribution in [2.24, 2.45) is 5.41 Å². The van der Waals surface area contributed by atoms with E-state index in [2.05, 4.69) is 4.98 Å². The zero-order valence-corrected chi connectivity index (χ0v) is 15.1. The van der Waals surface area contributed by atoms with Crippen molar-refractivity contribution in [2.75, 3.05) is 6.61 Å². The van der Waals surface area contributed by atoms with Crippen molar-refractivity contribution >= 4 is 7.12 Å². The second kappa shape index (κ2) is 5.85. The molecule has 2 heterocycles. The number of hydrogen-bond acceptors (Lipinski definition) is 4. The van der Waals surface area contributed by atoms with Crippen molar-refractivity contribution in [1.82, 2.24) is 4.98 Å². The van der Waals surface area contributed by atoms with E-state index in [4.69, 9.17) is 14.0 Å². The van der Waals surface area contributed by atoms with Crippen LogP contribution in [-0.4, -0.2) is 29.9 Å². The van der Waals surface area contributed by atoms with Gasteiger partial charge in [-0.25, -0.2) is 9.37 Å². The molecule has 1 aliphatic carbocycles. The number of pyridine rings is 1.